The smallest absolute Gasteiger partial charge is 0.247 e. The molecule has 2 saturated heterocycles. The number of nitrogens with one attached hydrogen (secondary N) is 1. The van der Waals surface area contributed by atoms with E-state index in [-0.39, 0.29) is 5.91 Å². The molecule has 5 nitrogen and oxygen atoms in total. The zero-order valence-electron chi connectivity index (χ0n) is 18.2. The van der Waals surface area contributed by atoms with E-state index in [1.807, 2.05) is 48.5 Å². The maximum absolute atomic E-state index is 12.9. The Morgan fingerprint density at radius 1 is 0.812 bits per heavy atom. The molecule has 0 aliphatic carbocycles. The van der Waals surface area contributed by atoms with Crippen LogP contribution in [-0.2, 0) is 17.9 Å². The van der Waals surface area contributed by atoms with Crippen LogP contribution in [0.25, 0.3) is 0 Å². The van der Waals surface area contributed by atoms with Gasteiger partial charge in [0, 0.05) is 25.3 Å². The standard InChI is InChI=1S/C27H29N3O2/c31-26-27(30(21-28-26)24-11-3-1-4-12-24)15-17-29(18-16-27)19-22-9-7-8-10-23(22)20-32-25-13-5-2-6-14-25/h1-14H,15-21H2,(H,28,31). The Morgan fingerprint density at radius 3 is 2.16 bits per heavy atom. The highest BCUT2D eigenvalue weighted by Crippen LogP contribution is 2.36. The summed E-state index contributed by atoms with van der Waals surface area (Å²) < 4.78 is 6.00. The first-order valence-corrected chi connectivity index (χ1v) is 11.3. The number of piperidine rings is 1. The summed E-state index contributed by atoms with van der Waals surface area (Å²) in [5, 5.41) is 3.09. The van der Waals surface area contributed by atoms with Crippen molar-refractivity contribution in [3.05, 3.63) is 96.1 Å². The number of carbonyl (C=O) groups excluding carboxylic acids is 1. The minimum Gasteiger partial charge on any atom is -0.489 e. The molecule has 1 amide bonds. The number of rotatable bonds is 6. The van der Waals surface area contributed by atoms with Gasteiger partial charge in [-0.2, -0.15) is 0 Å². The van der Waals surface area contributed by atoms with Gasteiger partial charge in [-0.1, -0.05) is 60.7 Å². The second kappa shape index (κ2) is 9.05. The molecule has 2 heterocycles. The predicted molar refractivity (Wildman–Crippen MR) is 126 cm³/mol. The molecule has 0 aromatic heterocycles. The van der Waals surface area contributed by atoms with Gasteiger partial charge in [0.05, 0.1) is 6.67 Å². The van der Waals surface area contributed by atoms with Crippen molar-refractivity contribution in [2.45, 2.75) is 31.5 Å². The summed E-state index contributed by atoms with van der Waals surface area (Å²) in [6.45, 7) is 3.80. The first-order valence-electron chi connectivity index (χ1n) is 11.3. The lowest BCUT2D eigenvalue weighted by atomic mass is 9.85. The quantitative estimate of drug-likeness (QED) is 0.641. The van der Waals surface area contributed by atoms with E-state index in [2.05, 4.69) is 51.5 Å². The van der Waals surface area contributed by atoms with Gasteiger partial charge >= 0.3 is 0 Å². The highest BCUT2D eigenvalue weighted by atomic mass is 16.5. The third-order valence-corrected chi connectivity index (χ3v) is 6.74. The second-order valence-corrected chi connectivity index (χ2v) is 8.61. The van der Waals surface area contributed by atoms with Crippen LogP contribution in [0.15, 0.2) is 84.9 Å². The average molecular weight is 428 g/mol. The van der Waals surface area contributed by atoms with E-state index < -0.39 is 5.54 Å². The van der Waals surface area contributed by atoms with E-state index in [0.29, 0.717) is 13.3 Å². The fourth-order valence-corrected chi connectivity index (χ4v) is 4.88. The molecule has 3 aromatic rings. The van der Waals surface area contributed by atoms with Gasteiger partial charge in [-0.25, -0.2) is 0 Å². The van der Waals surface area contributed by atoms with Gasteiger partial charge < -0.3 is 15.0 Å². The van der Waals surface area contributed by atoms with Crippen LogP contribution in [0, 0.1) is 0 Å². The Hall–Kier alpha value is -3.31. The molecule has 0 bridgehead atoms. The lowest BCUT2D eigenvalue weighted by molar-refractivity contribution is -0.125. The fourth-order valence-electron chi connectivity index (χ4n) is 4.88. The Labute approximate surface area is 189 Å². The highest BCUT2D eigenvalue weighted by Gasteiger charge is 2.50. The molecule has 1 N–H and O–H groups in total. The first-order chi connectivity index (χ1) is 15.7. The number of amides is 1. The van der Waals surface area contributed by atoms with Gasteiger partial charge in [-0.15, -0.1) is 0 Å². The normalized spacial score (nSPS) is 18.0. The third kappa shape index (κ3) is 4.08. The number of ether oxygens (including phenoxy) is 1. The molecule has 0 saturated carbocycles. The van der Waals surface area contributed by atoms with Crippen molar-refractivity contribution in [2.75, 3.05) is 24.7 Å². The van der Waals surface area contributed by atoms with Crippen molar-refractivity contribution < 1.29 is 9.53 Å². The van der Waals surface area contributed by atoms with Gasteiger partial charge in [-0.05, 0) is 48.2 Å². The minimum absolute atomic E-state index is 0.165. The summed E-state index contributed by atoms with van der Waals surface area (Å²) in [4.78, 5) is 17.6. The van der Waals surface area contributed by atoms with Crippen molar-refractivity contribution in [2.24, 2.45) is 0 Å². The Bertz CT molecular complexity index is 1050. The largest absolute Gasteiger partial charge is 0.489 e. The second-order valence-electron chi connectivity index (χ2n) is 8.61. The van der Waals surface area contributed by atoms with Crippen molar-refractivity contribution >= 4 is 11.6 Å². The molecule has 2 aliphatic heterocycles. The van der Waals surface area contributed by atoms with Gasteiger partial charge in [0.15, 0.2) is 0 Å². The molecule has 1 spiro atoms. The number of likely N-dealkylation sites (tertiary alicyclic amines) is 1. The van der Waals surface area contributed by atoms with Gasteiger partial charge in [0.25, 0.3) is 0 Å². The van der Waals surface area contributed by atoms with Crippen LogP contribution in [0.2, 0.25) is 0 Å². The molecule has 0 radical (unpaired) electrons. The van der Waals surface area contributed by atoms with Crippen LogP contribution in [0.4, 0.5) is 5.69 Å². The zero-order valence-corrected chi connectivity index (χ0v) is 18.2. The topological polar surface area (TPSA) is 44.8 Å². The molecule has 0 atom stereocenters. The number of para-hydroxylation sites is 2. The first kappa shape index (κ1) is 20.6. The van der Waals surface area contributed by atoms with Gasteiger partial charge in [0.1, 0.15) is 17.9 Å². The Morgan fingerprint density at radius 2 is 1.44 bits per heavy atom. The van der Waals surface area contributed by atoms with Gasteiger partial charge in [0.2, 0.25) is 5.91 Å². The molecule has 5 rings (SSSR count). The van der Waals surface area contributed by atoms with Crippen LogP contribution >= 0.6 is 0 Å². The number of carbonyl (C=O) groups is 1. The predicted octanol–water partition coefficient (Wildman–Crippen LogP) is 4.19. The number of nitrogens with zero attached hydrogens (tertiary/aromatic N) is 2. The van der Waals surface area contributed by atoms with E-state index >= 15 is 0 Å². The van der Waals surface area contributed by atoms with Crippen LogP contribution in [-0.4, -0.2) is 36.1 Å². The van der Waals surface area contributed by atoms with E-state index in [0.717, 1.165) is 43.9 Å². The molecule has 5 heteroatoms. The molecule has 2 aliphatic rings. The van der Waals surface area contributed by atoms with Crippen molar-refractivity contribution in [3.63, 3.8) is 0 Å². The summed E-state index contributed by atoms with van der Waals surface area (Å²) in [5.74, 6) is 1.05. The van der Waals surface area contributed by atoms with E-state index in [1.54, 1.807) is 0 Å². The fraction of sp³-hybridized carbons (Fsp3) is 0.296. The number of hydrogen-bond donors (Lipinski definition) is 1. The molecule has 0 unspecified atom stereocenters. The summed E-state index contributed by atoms with van der Waals surface area (Å²) in [6, 6.07) is 28.7. The van der Waals surface area contributed by atoms with Crippen molar-refractivity contribution in [3.8, 4) is 5.75 Å². The lowest BCUT2D eigenvalue weighted by Crippen LogP contribution is -2.56. The molecule has 2 fully saturated rings. The Kier molecular flexibility index (Phi) is 5.82. The summed E-state index contributed by atoms with van der Waals surface area (Å²) in [7, 11) is 0. The zero-order chi connectivity index (χ0) is 21.8. The maximum atomic E-state index is 12.9. The number of benzene rings is 3. The van der Waals surface area contributed by atoms with E-state index in [9.17, 15) is 4.79 Å². The van der Waals surface area contributed by atoms with E-state index in [1.165, 1.54) is 11.1 Å². The molecule has 32 heavy (non-hydrogen) atoms. The van der Waals surface area contributed by atoms with Crippen LogP contribution in [0.3, 0.4) is 0 Å². The number of hydrogen-bond acceptors (Lipinski definition) is 4. The van der Waals surface area contributed by atoms with Crippen LogP contribution < -0.4 is 15.0 Å². The molecule has 3 aromatic carbocycles. The monoisotopic (exact) mass is 427 g/mol. The summed E-state index contributed by atoms with van der Waals surface area (Å²) in [6.07, 6.45) is 1.66. The van der Waals surface area contributed by atoms with Crippen molar-refractivity contribution in [1.29, 1.82) is 0 Å². The Balaban J connectivity index is 1.25. The van der Waals surface area contributed by atoms with Gasteiger partial charge in [-0.3, -0.25) is 9.69 Å². The average Bonchev–Trinajstić information content (AvgIpc) is 3.16. The lowest BCUT2D eigenvalue weighted by Gasteiger charge is -2.43. The minimum atomic E-state index is -0.437. The summed E-state index contributed by atoms with van der Waals surface area (Å²) in [5.41, 5.74) is 3.17. The van der Waals surface area contributed by atoms with E-state index in [4.69, 9.17) is 4.74 Å². The highest BCUT2D eigenvalue weighted by molar-refractivity contribution is 5.93. The molecular formula is C27H29N3O2. The summed E-state index contributed by atoms with van der Waals surface area (Å²) >= 11 is 0. The number of anilines is 1. The van der Waals surface area contributed by atoms with Crippen LogP contribution in [0.5, 0.6) is 5.75 Å². The SMILES string of the molecule is O=C1NCN(c2ccccc2)C12CCN(Cc1ccccc1COc1ccccc1)CC2. The maximum Gasteiger partial charge on any atom is 0.247 e. The van der Waals surface area contributed by atoms with Crippen LogP contribution in [0.1, 0.15) is 24.0 Å². The third-order valence-electron chi connectivity index (χ3n) is 6.74. The van der Waals surface area contributed by atoms with Crippen molar-refractivity contribution in [1.82, 2.24) is 10.2 Å². The molecule has 164 valence electrons. The molecular weight excluding hydrogens is 398 g/mol.